The molecule has 0 aliphatic rings. The van der Waals surface area contributed by atoms with Gasteiger partial charge in [0, 0.05) is 11.9 Å². The third-order valence-electron chi connectivity index (χ3n) is 2.55. The third-order valence-corrected chi connectivity index (χ3v) is 3.30. The molecule has 5 nitrogen and oxygen atoms in total. The highest BCUT2D eigenvalue weighted by Gasteiger charge is 2.19. The first-order valence-electron chi connectivity index (χ1n) is 6.94. The van der Waals surface area contributed by atoms with Gasteiger partial charge in [0.05, 0.1) is 6.04 Å². The van der Waals surface area contributed by atoms with Gasteiger partial charge in [-0.15, -0.1) is 4.47 Å². The van der Waals surface area contributed by atoms with Gasteiger partial charge in [0.1, 0.15) is 12.3 Å². The van der Waals surface area contributed by atoms with Gasteiger partial charge >= 0.3 is 6.09 Å². The van der Waals surface area contributed by atoms with Crippen molar-refractivity contribution in [3.63, 3.8) is 0 Å². The van der Waals surface area contributed by atoms with E-state index in [9.17, 15) is 9.18 Å². The number of carbonyl (C=O) groups is 1. The van der Waals surface area contributed by atoms with Crippen LogP contribution in [0.5, 0.6) is 0 Å². The minimum Gasteiger partial charge on any atom is -0.444 e. The van der Waals surface area contributed by atoms with E-state index in [0.717, 1.165) is 14.9 Å². The fraction of sp³-hybridized carbons (Fsp3) is 0.533. The van der Waals surface area contributed by atoms with E-state index in [1.54, 1.807) is 20.8 Å². The normalized spacial score (nSPS) is 13.0. The predicted molar refractivity (Wildman–Crippen MR) is 84.7 cm³/mol. The summed E-state index contributed by atoms with van der Waals surface area (Å²) in [5.74, 6) is 0. The van der Waals surface area contributed by atoms with Gasteiger partial charge in [-0.25, -0.2) is 9.18 Å². The van der Waals surface area contributed by atoms with Gasteiger partial charge in [0.15, 0.2) is 0 Å². The Morgan fingerprint density at radius 3 is 2.45 bits per heavy atom. The van der Waals surface area contributed by atoms with Gasteiger partial charge in [-0.3, -0.25) is 0 Å². The smallest absolute Gasteiger partial charge is 0.407 e. The topological polar surface area (TPSA) is 61.8 Å². The molecule has 0 spiro atoms. The second-order valence-electron chi connectivity index (χ2n) is 5.90. The number of nitrogens with zero attached hydrogens (tertiary/aromatic N) is 1. The number of nitrogens with one attached hydrogen (secondary N) is 1. The number of hydrogen-bond donors (Lipinski definition) is 2. The van der Waals surface area contributed by atoms with E-state index in [1.807, 2.05) is 24.3 Å². The Kier molecular flexibility index (Phi) is 7.12. The van der Waals surface area contributed by atoms with Crippen LogP contribution in [-0.4, -0.2) is 41.1 Å². The van der Waals surface area contributed by atoms with Crippen molar-refractivity contribution in [2.24, 2.45) is 0 Å². The molecule has 1 unspecified atom stereocenters. The average molecular weight is 330 g/mol. The van der Waals surface area contributed by atoms with E-state index < -0.39 is 24.4 Å². The SMILES string of the molecule is CN(O)Sc1ccc(CC(CF)NC(=O)OC(C)(C)C)cc1. The second-order valence-corrected chi connectivity index (χ2v) is 7.08. The maximum Gasteiger partial charge on any atom is 0.407 e. The summed E-state index contributed by atoms with van der Waals surface area (Å²) < 4.78 is 19.2. The van der Waals surface area contributed by atoms with Crippen LogP contribution in [0, 0.1) is 0 Å². The highest BCUT2D eigenvalue weighted by Crippen LogP contribution is 2.20. The summed E-state index contributed by atoms with van der Waals surface area (Å²) in [6, 6.07) is 6.70. The third kappa shape index (κ3) is 7.63. The molecule has 1 aromatic rings. The predicted octanol–water partition coefficient (Wildman–Crippen LogP) is 3.42. The Morgan fingerprint density at radius 2 is 2.00 bits per heavy atom. The fourth-order valence-corrected chi connectivity index (χ4v) is 2.30. The molecule has 1 amide bonds. The zero-order valence-electron chi connectivity index (χ0n) is 13.3. The van der Waals surface area contributed by atoms with Crippen LogP contribution in [0.15, 0.2) is 29.2 Å². The molecule has 0 saturated carbocycles. The summed E-state index contributed by atoms with van der Waals surface area (Å²) in [5, 5.41) is 11.7. The Labute approximate surface area is 134 Å². The summed E-state index contributed by atoms with van der Waals surface area (Å²) in [6.07, 6.45) is -0.250. The molecule has 7 heteroatoms. The van der Waals surface area contributed by atoms with Crippen molar-refractivity contribution >= 4 is 18.0 Å². The quantitative estimate of drug-likeness (QED) is 0.618. The van der Waals surface area contributed by atoms with Gasteiger partial charge in [-0.05, 0) is 56.8 Å². The maximum absolute atomic E-state index is 13.1. The van der Waals surface area contributed by atoms with Crippen molar-refractivity contribution in [3.8, 4) is 0 Å². The largest absolute Gasteiger partial charge is 0.444 e. The van der Waals surface area contributed by atoms with Crippen molar-refractivity contribution in [1.82, 2.24) is 9.79 Å². The molecule has 1 rings (SSSR count). The van der Waals surface area contributed by atoms with Crippen LogP contribution in [0.1, 0.15) is 26.3 Å². The monoisotopic (exact) mass is 330 g/mol. The molecule has 1 atom stereocenters. The summed E-state index contributed by atoms with van der Waals surface area (Å²) >= 11 is 1.17. The highest BCUT2D eigenvalue weighted by atomic mass is 32.2. The number of alkyl carbamates (subject to hydrolysis) is 1. The Hall–Kier alpha value is -1.31. The maximum atomic E-state index is 13.1. The molecular formula is C15H23FN2O3S. The minimum atomic E-state index is -0.672. The van der Waals surface area contributed by atoms with Crippen molar-refractivity contribution in [3.05, 3.63) is 29.8 Å². The second kappa shape index (κ2) is 8.36. The van der Waals surface area contributed by atoms with Gasteiger partial charge in [0.25, 0.3) is 0 Å². The highest BCUT2D eigenvalue weighted by molar-refractivity contribution is 7.96. The Morgan fingerprint density at radius 1 is 1.41 bits per heavy atom. The number of halogens is 1. The number of hydroxylamine groups is 1. The zero-order chi connectivity index (χ0) is 16.8. The molecule has 2 N–H and O–H groups in total. The van der Waals surface area contributed by atoms with Gasteiger partial charge < -0.3 is 15.3 Å². The molecule has 0 heterocycles. The van der Waals surface area contributed by atoms with E-state index in [2.05, 4.69) is 5.32 Å². The Balaban J connectivity index is 2.57. The van der Waals surface area contributed by atoms with Crippen LogP contribution in [-0.2, 0) is 11.2 Å². The zero-order valence-corrected chi connectivity index (χ0v) is 14.1. The van der Waals surface area contributed by atoms with Gasteiger partial charge in [-0.1, -0.05) is 12.1 Å². The molecule has 22 heavy (non-hydrogen) atoms. The molecule has 0 radical (unpaired) electrons. The number of carbonyl (C=O) groups excluding carboxylic acids is 1. The number of ether oxygens (including phenoxy) is 1. The van der Waals surface area contributed by atoms with E-state index >= 15 is 0 Å². The van der Waals surface area contributed by atoms with Crippen LogP contribution < -0.4 is 5.32 Å². The number of alkyl halides is 1. The van der Waals surface area contributed by atoms with Crippen molar-refractivity contribution < 1.29 is 19.1 Å². The van der Waals surface area contributed by atoms with Crippen molar-refractivity contribution in [2.45, 2.75) is 43.7 Å². The average Bonchev–Trinajstić information content (AvgIpc) is 2.37. The molecule has 1 aromatic carbocycles. The molecular weight excluding hydrogens is 307 g/mol. The van der Waals surface area contributed by atoms with Crippen LogP contribution in [0.4, 0.5) is 9.18 Å². The first-order valence-corrected chi connectivity index (χ1v) is 7.72. The van der Waals surface area contributed by atoms with Gasteiger partial charge in [0.2, 0.25) is 0 Å². The lowest BCUT2D eigenvalue weighted by Crippen LogP contribution is -2.41. The molecule has 0 aliphatic heterocycles. The first kappa shape index (κ1) is 18.7. The number of rotatable bonds is 6. The number of amides is 1. The van der Waals surface area contributed by atoms with E-state index in [-0.39, 0.29) is 0 Å². The summed E-state index contributed by atoms with van der Waals surface area (Å²) in [6.45, 7) is 4.60. The van der Waals surface area contributed by atoms with Crippen LogP contribution in [0.3, 0.4) is 0 Å². The molecule has 0 bridgehead atoms. The first-order chi connectivity index (χ1) is 10.2. The van der Waals surface area contributed by atoms with Crippen LogP contribution in [0.25, 0.3) is 0 Å². The van der Waals surface area contributed by atoms with E-state index in [1.165, 1.54) is 19.0 Å². The molecule has 124 valence electrons. The van der Waals surface area contributed by atoms with Crippen molar-refractivity contribution in [2.75, 3.05) is 13.7 Å². The standard InChI is InChI=1S/C15H23FN2O3S/c1-15(2,3)21-14(19)17-12(10-16)9-11-5-7-13(8-6-11)22-18(4)20/h5-8,12,20H,9-10H2,1-4H3,(H,17,19). The van der Waals surface area contributed by atoms with Crippen LogP contribution >= 0.6 is 11.9 Å². The molecule has 0 aromatic heterocycles. The number of hydrogen-bond acceptors (Lipinski definition) is 5. The van der Waals surface area contributed by atoms with Gasteiger partial charge in [-0.2, -0.15) is 0 Å². The minimum absolute atomic E-state index is 0.371. The number of benzene rings is 1. The lowest BCUT2D eigenvalue weighted by Gasteiger charge is -2.22. The summed E-state index contributed by atoms with van der Waals surface area (Å²) in [5.41, 5.74) is 0.281. The molecule has 0 fully saturated rings. The fourth-order valence-electron chi connectivity index (χ4n) is 1.74. The molecule has 0 aliphatic carbocycles. The summed E-state index contributed by atoms with van der Waals surface area (Å²) in [4.78, 5) is 12.5. The van der Waals surface area contributed by atoms with Crippen molar-refractivity contribution in [1.29, 1.82) is 0 Å². The lowest BCUT2D eigenvalue weighted by molar-refractivity contribution is 0.0453. The lowest BCUT2D eigenvalue weighted by atomic mass is 10.1. The summed E-state index contributed by atoms with van der Waals surface area (Å²) in [7, 11) is 1.53. The molecule has 0 saturated heterocycles. The Bertz CT molecular complexity index is 475. The van der Waals surface area contributed by atoms with Crippen LogP contribution in [0.2, 0.25) is 0 Å². The van der Waals surface area contributed by atoms with E-state index in [4.69, 9.17) is 9.94 Å². The van der Waals surface area contributed by atoms with E-state index in [0.29, 0.717) is 6.42 Å².